The third kappa shape index (κ3) is 2.08. The van der Waals surface area contributed by atoms with Gasteiger partial charge in [0.2, 0.25) is 5.91 Å². The molecule has 16 heavy (non-hydrogen) atoms. The highest BCUT2D eigenvalue weighted by molar-refractivity contribution is 5.82. The van der Waals surface area contributed by atoms with Crippen molar-refractivity contribution in [2.45, 2.75) is 50.6 Å². The molecule has 0 aromatic rings. The van der Waals surface area contributed by atoms with Crippen LogP contribution in [0.1, 0.15) is 38.5 Å². The van der Waals surface area contributed by atoms with E-state index in [0.29, 0.717) is 12.5 Å². The van der Waals surface area contributed by atoms with Gasteiger partial charge in [-0.05, 0) is 31.6 Å². The lowest BCUT2D eigenvalue weighted by atomic mass is 9.91. The zero-order valence-electron chi connectivity index (χ0n) is 9.69. The average Bonchev–Trinajstić information content (AvgIpc) is 2.76. The lowest BCUT2D eigenvalue weighted by Crippen LogP contribution is -2.52. The summed E-state index contributed by atoms with van der Waals surface area (Å²) in [6, 6.07) is -0.0468. The van der Waals surface area contributed by atoms with Gasteiger partial charge in [-0.2, -0.15) is 0 Å². The third-order valence-corrected chi connectivity index (χ3v) is 3.93. The Bertz CT molecular complexity index is 308. The Morgan fingerprint density at radius 2 is 2.19 bits per heavy atom. The molecule has 3 nitrogen and oxygen atoms in total. The fourth-order valence-corrected chi connectivity index (χ4v) is 3.15. The van der Waals surface area contributed by atoms with E-state index < -0.39 is 6.04 Å². The van der Waals surface area contributed by atoms with Crippen LogP contribution in [-0.2, 0) is 4.79 Å². The van der Waals surface area contributed by atoms with Crippen LogP contribution < -0.4 is 5.73 Å². The SMILES string of the molecule is C#CCC(N)C(=O)N1CCCC2CCCC21. The predicted molar refractivity (Wildman–Crippen MR) is 63.5 cm³/mol. The number of nitrogens with zero attached hydrogens (tertiary/aromatic N) is 1. The van der Waals surface area contributed by atoms with E-state index in [4.69, 9.17) is 12.2 Å². The first-order valence-corrected chi connectivity index (χ1v) is 6.23. The molecule has 2 fully saturated rings. The van der Waals surface area contributed by atoms with Crippen molar-refractivity contribution in [3.8, 4) is 12.3 Å². The summed E-state index contributed by atoms with van der Waals surface area (Å²) in [6.45, 7) is 0.873. The quantitative estimate of drug-likeness (QED) is 0.709. The van der Waals surface area contributed by atoms with Gasteiger partial charge in [-0.3, -0.25) is 4.79 Å². The van der Waals surface area contributed by atoms with Gasteiger partial charge in [0, 0.05) is 19.0 Å². The van der Waals surface area contributed by atoms with Gasteiger partial charge in [-0.1, -0.05) is 6.42 Å². The minimum absolute atomic E-state index is 0.0644. The number of amides is 1. The van der Waals surface area contributed by atoms with Crippen molar-refractivity contribution in [3.63, 3.8) is 0 Å². The molecule has 0 aromatic carbocycles. The standard InChI is InChI=1S/C13H20N2O/c1-2-5-11(14)13(16)15-9-4-7-10-6-3-8-12(10)15/h1,10-12H,3-9,14H2. The number of likely N-dealkylation sites (tertiary alicyclic amines) is 1. The molecular formula is C13H20N2O. The molecule has 2 N–H and O–H groups in total. The Morgan fingerprint density at radius 1 is 1.44 bits per heavy atom. The summed E-state index contributed by atoms with van der Waals surface area (Å²) >= 11 is 0. The van der Waals surface area contributed by atoms with Crippen molar-refractivity contribution < 1.29 is 4.79 Å². The van der Waals surface area contributed by atoms with Gasteiger partial charge in [0.25, 0.3) is 0 Å². The zero-order valence-corrected chi connectivity index (χ0v) is 9.69. The van der Waals surface area contributed by atoms with Crippen LogP contribution in [0.25, 0.3) is 0 Å². The van der Waals surface area contributed by atoms with Gasteiger partial charge < -0.3 is 10.6 Å². The molecule has 0 bridgehead atoms. The number of rotatable bonds is 2. The first-order valence-electron chi connectivity index (χ1n) is 6.23. The maximum atomic E-state index is 12.1. The minimum atomic E-state index is -0.496. The van der Waals surface area contributed by atoms with E-state index in [-0.39, 0.29) is 5.91 Å². The van der Waals surface area contributed by atoms with Gasteiger partial charge in [0.1, 0.15) is 0 Å². The fraction of sp³-hybridized carbons (Fsp3) is 0.769. The Balaban J connectivity index is 2.02. The van der Waals surface area contributed by atoms with E-state index in [1.54, 1.807) is 0 Å². The molecule has 3 unspecified atom stereocenters. The highest BCUT2D eigenvalue weighted by Gasteiger charge is 2.38. The Morgan fingerprint density at radius 3 is 2.94 bits per heavy atom. The highest BCUT2D eigenvalue weighted by atomic mass is 16.2. The first-order chi connectivity index (χ1) is 7.74. The summed E-state index contributed by atoms with van der Waals surface area (Å²) in [4.78, 5) is 14.1. The van der Waals surface area contributed by atoms with Gasteiger partial charge in [0.05, 0.1) is 6.04 Å². The molecule has 1 aliphatic carbocycles. The van der Waals surface area contributed by atoms with Gasteiger partial charge in [-0.25, -0.2) is 0 Å². The Labute approximate surface area is 97.4 Å². The normalized spacial score (nSPS) is 30.6. The molecule has 0 aromatic heterocycles. The van der Waals surface area contributed by atoms with E-state index in [1.807, 2.05) is 4.90 Å². The number of nitrogens with two attached hydrogens (primary N) is 1. The lowest BCUT2D eigenvalue weighted by Gasteiger charge is -2.38. The van der Waals surface area contributed by atoms with Crippen molar-refractivity contribution in [1.82, 2.24) is 4.90 Å². The van der Waals surface area contributed by atoms with Crippen LogP contribution in [0.2, 0.25) is 0 Å². The predicted octanol–water partition coefficient (Wildman–Crippen LogP) is 1.13. The second kappa shape index (κ2) is 4.88. The molecule has 3 heteroatoms. The molecule has 0 radical (unpaired) electrons. The largest absolute Gasteiger partial charge is 0.338 e. The van der Waals surface area contributed by atoms with E-state index in [9.17, 15) is 4.79 Å². The number of carbonyl (C=O) groups is 1. The fourth-order valence-electron chi connectivity index (χ4n) is 3.15. The molecule has 2 rings (SSSR count). The van der Waals surface area contributed by atoms with Gasteiger partial charge in [-0.15, -0.1) is 12.3 Å². The highest BCUT2D eigenvalue weighted by Crippen LogP contribution is 2.36. The number of terminal acetylenes is 1. The molecule has 2 aliphatic rings. The molecule has 1 aliphatic heterocycles. The van der Waals surface area contributed by atoms with E-state index in [2.05, 4.69) is 5.92 Å². The molecular weight excluding hydrogens is 200 g/mol. The maximum Gasteiger partial charge on any atom is 0.240 e. The first kappa shape index (κ1) is 11.5. The lowest BCUT2D eigenvalue weighted by molar-refractivity contribution is -0.137. The number of fused-ring (bicyclic) bond motifs is 1. The summed E-state index contributed by atoms with van der Waals surface area (Å²) in [6.07, 6.45) is 11.6. The van der Waals surface area contributed by atoms with Crippen molar-refractivity contribution >= 4 is 5.91 Å². The number of hydrogen-bond acceptors (Lipinski definition) is 2. The smallest absolute Gasteiger partial charge is 0.240 e. The van der Waals surface area contributed by atoms with Crippen LogP contribution in [-0.4, -0.2) is 29.4 Å². The summed E-state index contributed by atoms with van der Waals surface area (Å²) in [7, 11) is 0. The van der Waals surface area contributed by atoms with E-state index in [1.165, 1.54) is 19.3 Å². The Hall–Kier alpha value is -1.01. The monoisotopic (exact) mass is 220 g/mol. The van der Waals surface area contributed by atoms with Crippen molar-refractivity contribution in [2.75, 3.05) is 6.54 Å². The van der Waals surface area contributed by atoms with Gasteiger partial charge in [0.15, 0.2) is 0 Å². The molecule has 88 valence electrons. The zero-order chi connectivity index (χ0) is 11.5. The molecule has 0 spiro atoms. The topological polar surface area (TPSA) is 46.3 Å². The summed E-state index contributed by atoms with van der Waals surface area (Å²) in [5.74, 6) is 3.26. The number of carbonyl (C=O) groups excluding carboxylic acids is 1. The molecule has 3 atom stereocenters. The van der Waals surface area contributed by atoms with Crippen LogP contribution in [0.15, 0.2) is 0 Å². The maximum absolute atomic E-state index is 12.1. The second-order valence-electron chi connectivity index (χ2n) is 4.95. The van der Waals surface area contributed by atoms with Crippen LogP contribution in [0, 0.1) is 18.3 Å². The van der Waals surface area contributed by atoms with Crippen molar-refractivity contribution in [1.29, 1.82) is 0 Å². The van der Waals surface area contributed by atoms with Crippen LogP contribution in [0.3, 0.4) is 0 Å². The molecule has 1 amide bonds. The van der Waals surface area contributed by atoms with Gasteiger partial charge >= 0.3 is 0 Å². The average molecular weight is 220 g/mol. The molecule has 1 heterocycles. The van der Waals surface area contributed by atoms with E-state index >= 15 is 0 Å². The van der Waals surface area contributed by atoms with Crippen molar-refractivity contribution in [3.05, 3.63) is 0 Å². The third-order valence-electron chi connectivity index (χ3n) is 3.93. The van der Waals surface area contributed by atoms with Crippen molar-refractivity contribution in [2.24, 2.45) is 11.7 Å². The summed E-state index contributed by atoms with van der Waals surface area (Å²) in [5.41, 5.74) is 5.81. The molecule has 1 saturated carbocycles. The van der Waals surface area contributed by atoms with E-state index in [0.717, 1.165) is 25.3 Å². The number of piperidine rings is 1. The minimum Gasteiger partial charge on any atom is -0.338 e. The molecule has 1 saturated heterocycles. The summed E-state index contributed by atoms with van der Waals surface area (Å²) < 4.78 is 0. The Kier molecular flexibility index (Phi) is 3.50. The summed E-state index contributed by atoms with van der Waals surface area (Å²) in [5, 5.41) is 0. The second-order valence-corrected chi connectivity index (χ2v) is 4.95. The number of hydrogen-bond donors (Lipinski definition) is 1. The van der Waals surface area contributed by atoms with Crippen LogP contribution >= 0.6 is 0 Å². The van der Waals surface area contributed by atoms with Crippen LogP contribution in [0.4, 0.5) is 0 Å². The van der Waals surface area contributed by atoms with Crippen LogP contribution in [0.5, 0.6) is 0 Å².